The highest BCUT2D eigenvalue weighted by Gasteiger charge is 2.17. The van der Waals surface area contributed by atoms with Crippen molar-refractivity contribution < 1.29 is 18.3 Å². The van der Waals surface area contributed by atoms with Crippen LogP contribution in [0.15, 0.2) is 23.1 Å². The molecule has 1 N–H and O–H groups in total. The number of carbonyl (C=O) groups excluding carboxylic acids is 1. The van der Waals surface area contributed by atoms with Crippen molar-refractivity contribution >= 4 is 16.0 Å². The fraction of sp³-hybridized carbons (Fsp3) is 0.462. The van der Waals surface area contributed by atoms with Gasteiger partial charge >= 0.3 is 0 Å². The molecule has 0 aromatic heterocycles. The van der Waals surface area contributed by atoms with Crippen LogP contribution >= 0.6 is 0 Å². The number of nitrogens with one attached hydrogen (secondary N) is 1. The van der Waals surface area contributed by atoms with E-state index in [0.29, 0.717) is 0 Å². The first-order valence-electron chi connectivity index (χ1n) is 6.30. The molecule has 0 amide bonds. The lowest BCUT2D eigenvalue weighted by molar-refractivity contribution is -0.305. The van der Waals surface area contributed by atoms with Crippen LogP contribution in [0.5, 0.6) is 0 Å². The Morgan fingerprint density at radius 3 is 2.58 bits per heavy atom. The number of carboxylic acid groups (broad SMARTS) is 1. The molecule has 0 saturated heterocycles. The van der Waals surface area contributed by atoms with E-state index in [1.807, 2.05) is 6.07 Å². The van der Waals surface area contributed by atoms with Gasteiger partial charge in [0.25, 0.3) is 0 Å². The van der Waals surface area contributed by atoms with Gasteiger partial charge in [-0.15, -0.1) is 0 Å². The van der Waals surface area contributed by atoms with Gasteiger partial charge in [-0.2, -0.15) is 0 Å². The number of hydrogen-bond acceptors (Lipinski definition) is 4. The van der Waals surface area contributed by atoms with Gasteiger partial charge in [-0.25, -0.2) is 13.1 Å². The number of aryl methyl sites for hydroxylation is 2. The van der Waals surface area contributed by atoms with Crippen molar-refractivity contribution in [2.45, 2.75) is 37.0 Å². The monoisotopic (exact) mass is 282 g/mol. The number of benzene rings is 1. The Morgan fingerprint density at radius 1 is 1.21 bits per heavy atom. The molecule has 1 aromatic carbocycles. The lowest BCUT2D eigenvalue weighted by Gasteiger charge is -2.16. The Kier molecular flexibility index (Phi) is 4.21. The number of fused-ring (bicyclic) bond motifs is 1. The van der Waals surface area contributed by atoms with Gasteiger partial charge in [-0.1, -0.05) is 6.07 Å². The summed E-state index contributed by atoms with van der Waals surface area (Å²) in [5.41, 5.74) is 2.29. The van der Waals surface area contributed by atoms with E-state index in [9.17, 15) is 18.3 Å². The number of carbonyl (C=O) groups is 1. The third-order valence-electron chi connectivity index (χ3n) is 3.25. The fourth-order valence-electron chi connectivity index (χ4n) is 2.25. The molecule has 0 aliphatic heterocycles. The second-order valence-corrected chi connectivity index (χ2v) is 6.42. The van der Waals surface area contributed by atoms with Gasteiger partial charge in [0.15, 0.2) is 0 Å². The molecule has 0 atom stereocenters. The fourth-order valence-corrected chi connectivity index (χ4v) is 3.33. The molecule has 0 radical (unpaired) electrons. The normalized spacial score (nSPS) is 14.9. The first kappa shape index (κ1) is 14.0. The number of hydrogen-bond donors (Lipinski definition) is 1. The van der Waals surface area contributed by atoms with E-state index < -0.39 is 16.0 Å². The Bertz CT molecular complexity index is 580. The maximum Gasteiger partial charge on any atom is 0.240 e. The van der Waals surface area contributed by atoms with E-state index in [-0.39, 0.29) is 17.9 Å². The molecule has 104 valence electrons. The molecule has 1 aromatic rings. The molecule has 0 unspecified atom stereocenters. The van der Waals surface area contributed by atoms with Crippen molar-refractivity contribution in [2.24, 2.45) is 0 Å². The topological polar surface area (TPSA) is 86.3 Å². The minimum Gasteiger partial charge on any atom is -0.550 e. The van der Waals surface area contributed by atoms with Crippen LogP contribution in [-0.4, -0.2) is 20.9 Å². The zero-order chi connectivity index (χ0) is 13.9. The Labute approximate surface area is 112 Å². The summed E-state index contributed by atoms with van der Waals surface area (Å²) >= 11 is 0. The van der Waals surface area contributed by atoms with Gasteiger partial charge in [0.05, 0.1) is 4.90 Å². The average Bonchev–Trinajstić information content (AvgIpc) is 2.37. The van der Waals surface area contributed by atoms with Crippen LogP contribution in [0.25, 0.3) is 0 Å². The van der Waals surface area contributed by atoms with Crippen molar-refractivity contribution in [3.8, 4) is 0 Å². The molecule has 0 fully saturated rings. The van der Waals surface area contributed by atoms with Crippen LogP contribution in [0.1, 0.15) is 30.4 Å². The standard InChI is InChI=1S/C13H17NO4S/c15-13(16)7-8-14-19(17,18)12-6-5-10-3-1-2-4-11(10)9-12/h5-6,9,14H,1-4,7-8H2,(H,15,16)/p-1. The summed E-state index contributed by atoms with van der Waals surface area (Å²) in [7, 11) is -3.63. The molecule has 19 heavy (non-hydrogen) atoms. The van der Waals surface area contributed by atoms with E-state index in [0.717, 1.165) is 31.2 Å². The summed E-state index contributed by atoms with van der Waals surface area (Å²) in [6.07, 6.45) is 3.78. The highest BCUT2D eigenvalue weighted by atomic mass is 32.2. The van der Waals surface area contributed by atoms with Crippen molar-refractivity contribution in [3.63, 3.8) is 0 Å². The molecule has 5 nitrogen and oxygen atoms in total. The molecular weight excluding hydrogens is 266 g/mol. The van der Waals surface area contributed by atoms with Crippen LogP contribution in [0.3, 0.4) is 0 Å². The summed E-state index contributed by atoms with van der Waals surface area (Å²) in [5, 5.41) is 10.3. The highest BCUT2D eigenvalue weighted by molar-refractivity contribution is 7.89. The predicted octanol–water partition coefficient (Wildman–Crippen LogP) is -0.0163. The Balaban J connectivity index is 2.14. The largest absolute Gasteiger partial charge is 0.550 e. The molecule has 0 spiro atoms. The van der Waals surface area contributed by atoms with Gasteiger partial charge < -0.3 is 9.90 Å². The van der Waals surface area contributed by atoms with Crippen LogP contribution < -0.4 is 9.83 Å². The highest BCUT2D eigenvalue weighted by Crippen LogP contribution is 2.23. The second-order valence-electron chi connectivity index (χ2n) is 4.66. The minimum atomic E-state index is -3.63. The van der Waals surface area contributed by atoms with Gasteiger partial charge in [-0.05, 0) is 48.9 Å². The van der Waals surface area contributed by atoms with E-state index in [4.69, 9.17) is 0 Å². The van der Waals surface area contributed by atoms with Crippen molar-refractivity contribution in [3.05, 3.63) is 29.3 Å². The molecule has 1 aliphatic rings. The number of carboxylic acids is 1. The lowest BCUT2D eigenvalue weighted by Crippen LogP contribution is -2.31. The summed E-state index contributed by atoms with van der Waals surface area (Å²) in [6.45, 7) is -0.151. The third kappa shape index (κ3) is 3.54. The number of rotatable bonds is 5. The summed E-state index contributed by atoms with van der Waals surface area (Å²) in [4.78, 5) is 10.5. The molecule has 2 rings (SSSR count). The zero-order valence-electron chi connectivity index (χ0n) is 10.5. The Morgan fingerprint density at radius 2 is 1.89 bits per heavy atom. The van der Waals surface area contributed by atoms with Crippen LogP contribution in [0, 0.1) is 0 Å². The molecule has 6 heteroatoms. The minimum absolute atomic E-state index is 0.151. The molecule has 0 heterocycles. The molecule has 0 saturated carbocycles. The van der Waals surface area contributed by atoms with Crippen LogP contribution in [0.4, 0.5) is 0 Å². The summed E-state index contributed by atoms with van der Waals surface area (Å²) < 4.78 is 26.2. The maximum absolute atomic E-state index is 12.0. The zero-order valence-corrected chi connectivity index (χ0v) is 11.3. The predicted molar refractivity (Wildman–Crippen MR) is 67.9 cm³/mol. The van der Waals surface area contributed by atoms with Gasteiger partial charge in [-0.3, -0.25) is 0 Å². The van der Waals surface area contributed by atoms with E-state index in [1.54, 1.807) is 12.1 Å². The SMILES string of the molecule is O=C([O-])CCNS(=O)(=O)c1ccc2c(c1)CCCC2. The lowest BCUT2D eigenvalue weighted by atomic mass is 9.92. The number of sulfonamides is 1. The van der Waals surface area contributed by atoms with Crippen molar-refractivity contribution in [2.75, 3.05) is 6.54 Å². The third-order valence-corrected chi connectivity index (χ3v) is 4.71. The van der Waals surface area contributed by atoms with Gasteiger partial charge in [0.2, 0.25) is 10.0 Å². The van der Waals surface area contributed by atoms with Crippen LogP contribution in [0.2, 0.25) is 0 Å². The molecular formula is C13H16NO4S-. The first-order valence-corrected chi connectivity index (χ1v) is 7.79. The molecule has 0 bridgehead atoms. The van der Waals surface area contributed by atoms with E-state index in [2.05, 4.69) is 4.72 Å². The van der Waals surface area contributed by atoms with Crippen LogP contribution in [-0.2, 0) is 27.7 Å². The van der Waals surface area contributed by atoms with Crippen molar-refractivity contribution in [1.82, 2.24) is 4.72 Å². The Hall–Kier alpha value is -1.40. The van der Waals surface area contributed by atoms with E-state index >= 15 is 0 Å². The molecule has 1 aliphatic carbocycles. The average molecular weight is 282 g/mol. The summed E-state index contributed by atoms with van der Waals surface area (Å²) in [6, 6.07) is 5.11. The second kappa shape index (κ2) is 5.71. The van der Waals surface area contributed by atoms with Gasteiger partial charge in [0.1, 0.15) is 0 Å². The smallest absolute Gasteiger partial charge is 0.240 e. The van der Waals surface area contributed by atoms with E-state index in [1.165, 1.54) is 5.56 Å². The number of aliphatic carboxylic acids is 1. The first-order chi connectivity index (χ1) is 8.99. The van der Waals surface area contributed by atoms with Crippen molar-refractivity contribution in [1.29, 1.82) is 0 Å². The quantitative estimate of drug-likeness (QED) is 0.822. The van der Waals surface area contributed by atoms with Gasteiger partial charge in [0, 0.05) is 18.9 Å². The maximum atomic E-state index is 12.0. The summed E-state index contributed by atoms with van der Waals surface area (Å²) in [5.74, 6) is -1.27.